The molecule has 0 bridgehead atoms. The smallest absolute Gasteiger partial charge is 0.410 e. The van der Waals surface area contributed by atoms with Gasteiger partial charge in [0.2, 0.25) is 0 Å². The average molecular weight is 497 g/mol. The number of ether oxygens (including phenoxy) is 2. The van der Waals surface area contributed by atoms with Gasteiger partial charge < -0.3 is 24.6 Å². The number of amides is 1. The molecule has 1 amide bonds. The Morgan fingerprint density at radius 3 is 2.08 bits per heavy atom. The Kier molecular flexibility index (Phi) is 10.5. The summed E-state index contributed by atoms with van der Waals surface area (Å²) in [5.74, 6) is -2.25. The van der Waals surface area contributed by atoms with E-state index in [1.54, 1.807) is 0 Å². The third-order valence-electron chi connectivity index (χ3n) is 5.92. The lowest BCUT2D eigenvalue weighted by atomic mass is 9.97. The van der Waals surface area contributed by atoms with Crippen LogP contribution in [-0.2, 0) is 25.5 Å². The molecule has 2 aromatic carbocycles. The summed E-state index contributed by atoms with van der Waals surface area (Å²) < 4.78 is 11.1. The molecule has 2 N–H and O–H groups in total. The summed E-state index contributed by atoms with van der Waals surface area (Å²) in [5.41, 5.74) is 2.48. The molecule has 0 radical (unpaired) electrons. The number of cyclic esters (lactones) is 1. The maximum Gasteiger partial charge on any atom is 0.410 e. The van der Waals surface area contributed by atoms with Crippen molar-refractivity contribution in [1.29, 1.82) is 0 Å². The molecule has 2 fully saturated rings. The molecule has 2 saturated heterocycles. The molecule has 9 heteroatoms. The van der Waals surface area contributed by atoms with Crippen molar-refractivity contribution >= 4 is 18.0 Å². The van der Waals surface area contributed by atoms with Gasteiger partial charge in [-0.3, -0.25) is 4.90 Å². The third-order valence-corrected chi connectivity index (χ3v) is 5.92. The Morgan fingerprint density at radius 1 is 0.917 bits per heavy atom. The Hall–Kier alpha value is -3.69. The van der Waals surface area contributed by atoms with Crippen LogP contribution in [-0.4, -0.2) is 90.1 Å². The number of rotatable bonds is 9. The quantitative estimate of drug-likeness (QED) is 0.509. The lowest BCUT2D eigenvalue weighted by Crippen LogP contribution is -2.41. The van der Waals surface area contributed by atoms with E-state index >= 15 is 0 Å². The van der Waals surface area contributed by atoms with Crippen LogP contribution in [0.15, 0.2) is 72.8 Å². The molecule has 2 atom stereocenters. The van der Waals surface area contributed by atoms with Gasteiger partial charge in [0.15, 0.2) is 0 Å². The van der Waals surface area contributed by atoms with Crippen LogP contribution in [0, 0.1) is 0 Å². The highest BCUT2D eigenvalue weighted by molar-refractivity contribution is 5.89. The number of carbonyl (C=O) groups excluding carboxylic acids is 1. The number of carboxylic acids is 2. The highest BCUT2D eigenvalue weighted by atomic mass is 16.6. The molecule has 0 aromatic heterocycles. The van der Waals surface area contributed by atoms with Crippen LogP contribution in [0.25, 0.3) is 0 Å². The number of hydrogen-bond donors (Lipinski definition) is 2. The van der Waals surface area contributed by atoms with Crippen molar-refractivity contribution < 1.29 is 34.1 Å². The van der Waals surface area contributed by atoms with Gasteiger partial charge in [0.1, 0.15) is 6.10 Å². The van der Waals surface area contributed by atoms with Gasteiger partial charge in [-0.15, -0.1) is 0 Å². The van der Waals surface area contributed by atoms with Gasteiger partial charge in [-0.05, 0) is 11.1 Å². The number of benzene rings is 2. The van der Waals surface area contributed by atoms with Gasteiger partial charge in [0.25, 0.3) is 0 Å². The van der Waals surface area contributed by atoms with Crippen LogP contribution in [0.3, 0.4) is 0 Å². The van der Waals surface area contributed by atoms with Crippen molar-refractivity contribution in [3.8, 4) is 0 Å². The van der Waals surface area contributed by atoms with E-state index in [2.05, 4.69) is 41.3 Å². The number of hydrogen-bond acceptors (Lipinski definition) is 6. The predicted molar refractivity (Wildman–Crippen MR) is 133 cm³/mol. The molecule has 0 aliphatic carbocycles. The van der Waals surface area contributed by atoms with Crippen LogP contribution < -0.4 is 0 Å². The van der Waals surface area contributed by atoms with Crippen molar-refractivity contribution in [2.24, 2.45) is 0 Å². The molecule has 0 saturated carbocycles. The molecular weight excluding hydrogens is 464 g/mol. The lowest BCUT2D eigenvalue weighted by molar-refractivity contribution is -0.134. The van der Waals surface area contributed by atoms with E-state index in [0.717, 1.165) is 39.3 Å². The second-order valence-corrected chi connectivity index (χ2v) is 8.63. The van der Waals surface area contributed by atoms with Crippen LogP contribution >= 0.6 is 0 Å². The van der Waals surface area contributed by atoms with Gasteiger partial charge in [-0.2, -0.15) is 0 Å². The maximum absolute atomic E-state index is 12.5. The largest absolute Gasteiger partial charge is 0.478 e. The fraction of sp³-hybridized carbons (Fsp3) is 0.370. The molecule has 2 aliphatic rings. The van der Waals surface area contributed by atoms with E-state index in [9.17, 15) is 14.4 Å². The minimum atomic E-state index is -1.26. The molecule has 2 unspecified atom stereocenters. The first-order chi connectivity index (χ1) is 17.4. The van der Waals surface area contributed by atoms with E-state index in [1.807, 2.05) is 29.2 Å². The highest BCUT2D eigenvalue weighted by Gasteiger charge is 2.33. The third kappa shape index (κ3) is 9.16. The van der Waals surface area contributed by atoms with E-state index < -0.39 is 11.9 Å². The Labute approximate surface area is 210 Å². The van der Waals surface area contributed by atoms with Crippen molar-refractivity contribution in [3.63, 3.8) is 0 Å². The van der Waals surface area contributed by atoms with Crippen molar-refractivity contribution in [1.82, 2.24) is 9.80 Å². The molecule has 192 valence electrons. The van der Waals surface area contributed by atoms with Crippen molar-refractivity contribution in [2.45, 2.75) is 18.4 Å². The zero-order valence-electron chi connectivity index (χ0n) is 20.1. The molecule has 2 aromatic rings. The summed E-state index contributed by atoms with van der Waals surface area (Å²) in [6, 6.07) is 20.7. The van der Waals surface area contributed by atoms with Crippen LogP contribution in [0.1, 0.15) is 17.0 Å². The standard InChI is InChI=1S/C23H28N2O3.C4H4O4/c26-23-25(18-22(28-23)15-19-7-3-1-4-8-19)17-21(20-9-5-2-6-10-20)16-24-11-13-27-14-12-24;5-3(6)1-2-4(7)8/h1-10,21-22H,11-18H2;1-2H,(H,5,6)(H,7,8). The normalized spacial score (nSPS) is 18.8. The van der Waals surface area contributed by atoms with Gasteiger partial charge in [-0.1, -0.05) is 60.7 Å². The molecule has 9 nitrogen and oxygen atoms in total. The number of aliphatic carboxylic acids is 2. The SMILES string of the molecule is O=C(O)C=CC(=O)O.O=C1OC(Cc2ccccc2)CN1CC(CN1CCOCC1)c1ccccc1. The fourth-order valence-electron chi connectivity index (χ4n) is 4.20. The lowest BCUT2D eigenvalue weighted by Gasteiger charge is -2.32. The van der Waals surface area contributed by atoms with Gasteiger partial charge in [-0.25, -0.2) is 14.4 Å². The summed E-state index contributed by atoms with van der Waals surface area (Å²) in [5, 5.41) is 15.6. The second-order valence-electron chi connectivity index (χ2n) is 8.63. The Bertz CT molecular complexity index is 991. The molecule has 36 heavy (non-hydrogen) atoms. The first-order valence-electron chi connectivity index (χ1n) is 11.9. The van der Waals surface area contributed by atoms with Gasteiger partial charge in [0, 0.05) is 50.7 Å². The van der Waals surface area contributed by atoms with E-state index in [1.165, 1.54) is 11.1 Å². The van der Waals surface area contributed by atoms with Gasteiger partial charge >= 0.3 is 18.0 Å². The molecular formula is C27H32N2O7. The first kappa shape index (κ1) is 26.9. The zero-order chi connectivity index (χ0) is 25.8. The van der Waals surface area contributed by atoms with Crippen LogP contribution in [0.2, 0.25) is 0 Å². The maximum atomic E-state index is 12.5. The second kappa shape index (κ2) is 14.0. The van der Waals surface area contributed by atoms with Crippen LogP contribution in [0.5, 0.6) is 0 Å². The minimum Gasteiger partial charge on any atom is -0.478 e. The fourth-order valence-corrected chi connectivity index (χ4v) is 4.20. The Morgan fingerprint density at radius 2 is 1.50 bits per heavy atom. The summed E-state index contributed by atoms with van der Waals surface area (Å²) in [6.45, 7) is 5.74. The number of morpholine rings is 1. The van der Waals surface area contributed by atoms with Crippen molar-refractivity contribution in [3.05, 3.63) is 83.9 Å². The minimum absolute atomic E-state index is 0.0743. The van der Waals surface area contributed by atoms with Gasteiger partial charge in [0.05, 0.1) is 19.8 Å². The summed E-state index contributed by atoms with van der Waals surface area (Å²) in [7, 11) is 0. The number of carboxylic acid groups (broad SMARTS) is 2. The highest BCUT2D eigenvalue weighted by Crippen LogP contribution is 2.23. The summed E-state index contributed by atoms with van der Waals surface area (Å²) in [4.78, 5) is 35.9. The molecule has 2 heterocycles. The zero-order valence-corrected chi connectivity index (χ0v) is 20.1. The molecule has 2 aliphatic heterocycles. The van der Waals surface area contributed by atoms with E-state index in [0.29, 0.717) is 25.2 Å². The Balaban J connectivity index is 0.000000392. The monoisotopic (exact) mass is 496 g/mol. The van der Waals surface area contributed by atoms with E-state index in [4.69, 9.17) is 19.7 Å². The van der Waals surface area contributed by atoms with Crippen molar-refractivity contribution in [2.75, 3.05) is 45.9 Å². The predicted octanol–water partition coefficient (Wildman–Crippen LogP) is 2.88. The molecule has 0 spiro atoms. The summed E-state index contributed by atoms with van der Waals surface area (Å²) in [6.07, 6.45) is 1.62. The topological polar surface area (TPSA) is 117 Å². The van der Waals surface area contributed by atoms with E-state index in [-0.39, 0.29) is 18.1 Å². The average Bonchev–Trinajstić information content (AvgIpc) is 3.22. The first-order valence-corrected chi connectivity index (χ1v) is 11.9. The number of carbonyl (C=O) groups is 3. The number of nitrogens with zero attached hydrogens (tertiary/aromatic N) is 2. The summed E-state index contributed by atoms with van der Waals surface area (Å²) >= 11 is 0. The van der Waals surface area contributed by atoms with Crippen LogP contribution in [0.4, 0.5) is 4.79 Å². The molecule has 4 rings (SSSR count).